The Balaban J connectivity index is 2.77. The minimum Gasteiger partial charge on any atom is -0.495 e. The van der Waals surface area contributed by atoms with E-state index in [1.807, 2.05) is 6.07 Å². The van der Waals surface area contributed by atoms with Gasteiger partial charge in [-0.15, -0.1) is 0 Å². The Labute approximate surface area is 97.3 Å². The van der Waals surface area contributed by atoms with Crippen molar-refractivity contribution in [2.75, 3.05) is 7.11 Å². The average molecular weight is 232 g/mol. The molecule has 1 aromatic heterocycles. The van der Waals surface area contributed by atoms with Crippen molar-refractivity contribution in [1.29, 1.82) is 0 Å². The molecular weight excluding hydrogens is 220 g/mol. The molecule has 0 aliphatic heterocycles. The Kier molecular flexibility index (Phi) is 2.82. The van der Waals surface area contributed by atoms with Crippen molar-refractivity contribution in [3.05, 3.63) is 56.9 Å². The van der Waals surface area contributed by atoms with Gasteiger partial charge < -0.3 is 4.74 Å². The van der Waals surface area contributed by atoms with Crippen LogP contribution in [0, 0.1) is 6.92 Å². The standard InChI is InChI=1S/C12H12N2O3/c1-8-7-11(15)13-12(16)14(8)9-5-3-4-6-10(9)17-2/h3-7H,1-2H3,(H,13,15,16). The van der Waals surface area contributed by atoms with Gasteiger partial charge in [-0.2, -0.15) is 0 Å². The molecule has 5 heteroatoms. The van der Waals surface area contributed by atoms with Crippen LogP contribution in [0.1, 0.15) is 5.69 Å². The number of aryl methyl sites for hydroxylation is 1. The van der Waals surface area contributed by atoms with Crippen LogP contribution in [0.15, 0.2) is 39.9 Å². The molecule has 0 atom stereocenters. The zero-order chi connectivity index (χ0) is 12.4. The van der Waals surface area contributed by atoms with Crippen molar-refractivity contribution in [3.63, 3.8) is 0 Å². The zero-order valence-electron chi connectivity index (χ0n) is 9.56. The van der Waals surface area contributed by atoms with E-state index in [4.69, 9.17) is 4.74 Å². The number of nitrogens with zero attached hydrogens (tertiary/aromatic N) is 1. The molecule has 2 rings (SSSR count). The first-order chi connectivity index (χ1) is 8.13. The van der Waals surface area contributed by atoms with Crippen LogP contribution in [0.4, 0.5) is 0 Å². The maximum Gasteiger partial charge on any atom is 0.333 e. The summed E-state index contributed by atoms with van der Waals surface area (Å²) in [5.74, 6) is 0.574. The topological polar surface area (TPSA) is 64.1 Å². The van der Waals surface area contributed by atoms with E-state index in [-0.39, 0.29) is 0 Å². The highest BCUT2D eigenvalue weighted by Gasteiger charge is 2.09. The summed E-state index contributed by atoms with van der Waals surface area (Å²) in [6.45, 7) is 1.70. The number of aromatic nitrogens is 2. The van der Waals surface area contributed by atoms with Crippen molar-refractivity contribution < 1.29 is 4.74 Å². The maximum absolute atomic E-state index is 11.8. The van der Waals surface area contributed by atoms with Gasteiger partial charge in [-0.3, -0.25) is 14.3 Å². The third kappa shape index (κ3) is 1.99. The molecule has 0 aliphatic carbocycles. The number of aromatic amines is 1. The molecule has 0 radical (unpaired) electrons. The van der Waals surface area contributed by atoms with Gasteiger partial charge >= 0.3 is 5.69 Å². The molecule has 1 N–H and O–H groups in total. The van der Waals surface area contributed by atoms with E-state index in [0.29, 0.717) is 17.1 Å². The minimum absolute atomic E-state index is 0.404. The van der Waals surface area contributed by atoms with Gasteiger partial charge in [0.05, 0.1) is 12.8 Å². The molecule has 0 bridgehead atoms. The smallest absolute Gasteiger partial charge is 0.333 e. The van der Waals surface area contributed by atoms with Crippen LogP contribution in [0.25, 0.3) is 5.69 Å². The number of para-hydroxylation sites is 2. The lowest BCUT2D eigenvalue weighted by Gasteiger charge is -2.12. The van der Waals surface area contributed by atoms with E-state index in [2.05, 4.69) is 4.98 Å². The average Bonchev–Trinajstić information content (AvgIpc) is 2.28. The SMILES string of the molecule is COc1ccccc1-n1c(C)cc(=O)[nH]c1=O. The normalized spacial score (nSPS) is 10.2. The fourth-order valence-electron chi connectivity index (χ4n) is 1.73. The lowest BCUT2D eigenvalue weighted by molar-refractivity contribution is 0.412. The van der Waals surface area contributed by atoms with E-state index < -0.39 is 11.2 Å². The number of hydrogen-bond acceptors (Lipinski definition) is 3. The Hall–Kier alpha value is -2.30. The Bertz CT molecular complexity index is 655. The third-order valence-electron chi connectivity index (χ3n) is 2.45. The van der Waals surface area contributed by atoms with Crippen LogP contribution in [-0.4, -0.2) is 16.7 Å². The van der Waals surface area contributed by atoms with Crippen LogP contribution in [0.3, 0.4) is 0 Å². The van der Waals surface area contributed by atoms with E-state index >= 15 is 0 Å². The number of hydrogen-bond donors (Lipinski definition) is 1. The fourth-order valence-corrected chi connectivity index (χ4v) is 1.73. The molecule has 88 valence electrons. The monoisotopic (exact) mass is 232 g/mol. The van der Waals surface area contributed by atoms with Gasteiger partial charge in [0.1, 0.15) is 5.75 Å². The summed E-state index contributed by atoms with van der Waals surface area (Å²) < 4.78 is 6.59. The summed E-state index contributed by atoms with van der Waals surface area (Å²) in [5.41, 5.74) is 0.287. The van der Waals surface area contributed by atoms with Gasteiger partial charge in [-0.25, -0.2) is 4.79 Å². The van der Waals surface area contributed by atoms with Crippen LogP contribution < -0.4 is 16.0 Å². The van der Waals surface area contributed by atoms with Gasteiger partial charge in [0.2, 0.25) is 0 Å². The lowest BCUT2D eigenvalue weighted by atomic mass is 10.2. The van der Waals surface area contributed by atoms with Crippen molar-refractivity contribution in [3.8, 4) is 11.4 Å². The molecular formula is C12H12N2O3. The first-order valence-corrected chi connectivity index (χ1v) is 5.10. The second-order valence-corrected chi connectivity index (χ2v) is 3.59. The molecule has 1 heterocycles. The Morgan fingerprint density at radius 3 is 2.59 bits per heavy atom. The van der Waals surface area contributed by atoms with Gasteiger partial charge in [-0.1, -0.05) is 12.1 Å². The number of nitrogens with one attached hydrogen (secondary N) is 1. The third-order valence-corrected chi connectivity index (χ3v) is 2.45. The number of methoxy groups -OCH3 is 1. The predicted octanol–water partition coefficient (Wildman–Crippen LogP) is 0.843. The van der Waals surface area contributed by atoms with Crippen LogP contribution in [0.5, 0.6) is 5.75 Å². The number of ether oxygens (including phenoxy) is 1. The minimum atomic E-state index is -0.473. The van der Waals surface area contributed by atoms with E-state index in [1.165, 1.54) is 17.7 Å². The summed E-state index contributed by atoms with van der Waals surface area (Å²) in [7, 11) is 1.53. The molecule has 0 saturated heterocycles. The second kappa shape index (κ2) is 4.29. The van der Waals surface area contributed by atoms with Crippen LogP contribution >= 0.6 is 0 Å². The molecule has 0 spiro atoms. The van der Waals surface area contributed by atoms with Crippen molar-refractivity contribution in [2.45, 2.75) is 6.92 Å². The largest absolute Gasteiger partial charge is 0.495 e. The van der Waals surface area contributed by atoms with Gasteiger partial charge in [-0.05, 0) is 19.1 Å². The van der Waals surface area contributed by atoms with E-state index in [0.717, 1.165) is 0 Å². The summed E-state index contributed by atoms with van der Waals surface area (Å²) in [6, 6.07) is 8.49. The number of benzene rings is 1. The van der Waals surface area contributed by atoms with Gasteiger partial charge in [0.15, 0.2) is 0 Å². The highest BCUT2D eigenvalue weighted by Crippen LogP contribution is 2.20. The first-order valence-electron chi connectivity index (χ1n) is 5.10. The molecule has 2 aromatic rings. The molecule has 0 aliphatic rings. The van der Waals surface area contributed by atoms with Crippen LogP contribution in [0.2, 0.25) is 0 Å². The molecule has 17 heavy (non-hydrogen) atoms. The van der Waals surface area contributed by atoms with E-state index in [1.54, 1.807) is 25.1 Å². The van der Waals surface area contributed by atoms with Crippen molar-refractivity contribution >= 4 is 0 Å². The first kappa shape index (κ1) is 11.2. The predicted molar refractivity (Wildman–Crippen MR) is 63.9 cm³/mol. The van der Waals surface area contributed by atoms with Gasteiger partial charge in [0.25, 0.3) is 5.56 Å². The van der Waals surface area contributed by atoms with Crippen molar-refractivity contribution in [1.82, 2.24) is 9.55 Å². The van der Waals surface area contributed by atoms with E-state index in [9.17, 15) is 9.59 Å². The Morgan fingerprint density at radius 1 is 1.24 bits per heavy atom. The molecule has 0 fully saturated rings. The highest BCUT2D eigenvalue weighted by molar-refractivity contribution is 5.47. The highest BCUT2D eigenvalue weighted by atomic mass is 16.5. The lowest BCUT2D eigenvalue weighted by Crippen LogP contribution is -2.30. The quantitative estimate of drug-likeness (QED) is 0.834. The Morgan fingerprint density at radius 2 is 1.94 bits per heavy atom. The molecule has 5 nitrogen and oxygen atoms in total. The zero-order valence-corrected chi connectivity index (χ0v) is 9.56. The fraction of sp³-hybridized carbons (Fsp3) is 0.167. The summed E-state index contributed by atoms with van der Waals surface area (Å²) in [4.78, 5) is 25.2. The molecule has 0 saturated carbocycles. The van der Waals surface area contributed by atoms with Crippen LogP contribution in [-0.2, 0) is 0 Å². The summed E-state index contributed by atoms with van der Waals surface area (Å²) >= 11 is 0. The number of H-pyrrole nitrogens is 1. The summed E-state index contributed by atoms with van der Waals surface area (Å²) in [6.07, 6.45) is 0. The molecule has 0 unspecified atom stereocenters. The maximum atomic E-state index is 11.8. The molecule has 1 aromatic carbocycles. The molecule has 0 amide bonds. The van der Waals surface area contributed by atoms with Gasteiger partial charge in [0, 0.05) is 11.8 Å². The summed E-state index contributed by atoms with van der Waals surface area (Å²) in [5, 5.41) is 0. The van der Waals surface area contributed by atoms with Crippen molar-refractivity contribution in [2.24, 2.45) is 0 Å². The second-order valence-electron chi connectivity index (χ2n) is 3.59. The number of rotatable bonds is 2.